The molecule has 27 heavy (non-hydrogen) atoms. The summed E-state index contributed by atoms with van der Waals surface area (Å²) in [6.07, 6.45) is 0. The fourth-order valence-electron chi connectivity index (χ4n) is 3.23. The van der Waals surface area contributed by atoms with Crippen LogP contribution in [0.15, 0.2) is 48.5 Å². The van der Waals surface area contributed by atoms with Crippen molar-refractivity contribution in [1.29, 1.82) is 0 Å². The molecule has 0 aliphatic carbocycles. The Hall–Kier alpha value is -2.73. The lowest BCUT2D eigenvalue weighted by Gasteiger charge is -2.34. The van der Waals surface area contributed by atoms with Gasteiger partial charge in [0, 0.05) is 63.8 Å². The number of ether oxygens (including phenoxy) is 1. The highest BCUT2D eigenvalue weighted by atomic mass is 16.5. The van der Waals surface area contributed by atoms with Gasteiger partial charge in [-0.2, -0.15) is 0 Å². The van der Waals surface area contributed by atoms with Gasteiger partial charge in [-0.3, -0.25) is 4.90 Å². The minimum absolute atomic E-state index is 0.0375. The Morgan fingerprint density at radius 3 is 2.33 bits per heavy atom. The number of nitrogens with one attached hydrogen (secondary N) is 1. The zero-order valence-corrected chi connectivity index (χ0v) is 16.3. The standard InChI is InChI=1S/C21H28N4O2/c1-23(2)19-10-8-18(9-11-19)22-21(26)25-14-12-24(13-15-25)16-17-6-4-5-7-20(17)27-3/h4-11H,12-16H2,1-3H3,(H,22,26). The van der Waals surface area contributed by atoms with Crippen molar-refractivity contribution >= 4 is 17.4 Å². The van der Waals surface area contributed by atoms with Crippen LogP contribution < -0.4 is 15.0 Å². The number of urea groups is 1. The zero-order valence-electron chi connectivity index (χ0n) is 16.3. The first-order valence-corrected chi connectivity index (χ1v) is 9.24. The van der Waals surface area contributed by atoms with Crippen molar-refractivity contribution in [1.82, 2.24) is 9.80 Å². The molecular formula is C21H28N4O2. The van der Waals surface area contributed by atoms with Crippen LogP contribution in [0.5, 0.6) is 5.75 Å². The second-order valence-electron chi connectivity index (χ2n) is 6.95. The number of carbonyl (C=O) groups is 1. The molecule has 6 heteroatoms. The molecule has 0 aromatic heterocycles. The average Bonchev–Trinajstić information content (AvgIpc) is 2.69. The number of nitrogens with zero attached hydrogens (tertiary/aromatic N) is 3. The summed E-state index contributed by atoms with van der Waals surface area (Å²) >= 11 is 0. The quantitative estimate of drug-likeness (QED) is 0.881. The summed E-state index contributed by atoms with van der Waals surface area (Å²) in [6.45, 7) is 3.98. The summed E-state index contributed by atoms with van der Waals surface area (Å²) in [5.74, 6) is 0.916. The van der Waals surface area contributed by atoms with Gasteiger partial charge in [-0.1, -0.05) is 18.2 Å². The molecule has 0 bridgehead atoms. The maximum atomic E-state index is 12.5. The predicted octanol–water partition coefficient (Wildman–Crippen LogP) is 3.11. The van der Waals surface area contributed by atoms with E-state index < -0.39 is 0 Å². The molecule has 1 heterocycles. The van der Waals surface area contributed by atoms with Crippen LogP contribution in [0, 0.1) is 0 Å². The van der Waals surface area contributed by atoms with Crippen molar-refractivity contribution in [3.8, 4) is 5.75 Å². The predicted molar refractivity (Wildman–Crippen MR) is 110 cm³/mol. The molecule has 144 valence electrons. The van der Waals surface area contributed by atoms with Crippen LogP contribution in [0.1, 0.15) is 5.56 Å². The number of methoxy groups -OCH3 is 1. The topological polar surface area (TPSA) is 48.1 Å². The van der Waals surface area contributed by atoms with Crippen molar-refractivity contribution in [3.05, 3.63) is 54.1 Å². The minimum Gasteiger partial charge on any atom is -0.496 e. The first-order valence-electron chi connectivity index (χ1n) is 9.24. The maximum Gasteiger partial charge on any atom is 0.321 e. The van der Waals surface area contributed by atoms with Crippen LogP contribution in [0.2, 0.25) is 0 Å². The SMILES string of the molecule is COc1ccccc1CN1CCN(C(=O)Nc2ccc(N(C)C)cc2)CC1. The number of carbonyl (C=O) groups excluding carboxylic acids is 1. The van der Waals surface area contributed by atoms with Gasteiger partial charge < -0.3 is 19.9 Å². The number of amides is 2. The summed E-state index contributed by atoms with van der Waals surface area (Å²) < 4.78 is 5.43. The van der Waals surface area contributed by atoms with Gasteiger partial charge in [-0.25, -0.2) is 4.79 Å². The Labute approximate surface area is 161 Å². The number of hydrogen-bond acceptors (Lipinski definition) is 4. The molecule has 1 aliphatic rings. The fraction of sp³-hybridized carbons (Fsp3) is 0.381. The van der Waals surface area contributed by atoms with E-state index >= 15 is 0 Å². The lowest BCUT2D eigenvalue weighted by atomic mass is 10.1. The Morgan fingerprint density at radius 2 is 1.70 bits per heavy atom. The van der Waals surface area contributed by atoms with Gasteiger partial charge in [-0.15, -0.1) is 0 Å². The molecule has 0 saturated carbocycles. The number of piperazine rings is 1. The monoisotopic (exact) mass is 368 g/mol. The highest BCUT2D eigenvalue weighted by Gasteiger charge is 2.21. The third kappa shape index (κ3) is 4.92. The van der Waals surface area contributed by atoms with Crippen molar-refractivity contribution in [2.45, 2.75) is 6.54 Å². The third-order valence-corrected chi connectivity index (χ3v) is 4.88. The summed E-state index contributed by atoms with van der Waals surface area (Å²) in [6, 6.07) is 15.9. The first-order chi connectivity index (χ1) is 13.1. The average molecular weight is 368 g/mol. The third-order valence-electron chi connectivity index (χ3n) is 4.88. The van der Waals surface area contributed by atoms with Crippen LogP contribution in [0.3, 0.4) is 0 Å². The molecule has 2 amide bonds. The van der Waals surface area contributed by atoms with Gasteiger partial charge in [0.1, 0.15) is 5.75 Å². The normalized spacial score (nSPS) is 14.7. The highest BCUT2D eigenvalue weighted by Crippen LogP contribution is 2.20. The zero-order chi connectivity index (χ0) is 19.2. The first kappa shape index (κ1) is 19.0. The van der Waals surface area contributed by atoms with Gasteiger partial charge in [-0.05, 0) is 30.3 Å². The second kappa shape index (κ2) is 8.77. The largest absolute Gasteiger partial charge is 0.496 e. The molecule has 3 rings (SSSR count). The molecule has 1 N–H and O–H groups in total. The molecule has 2 aromatic carbocycles. The summed E-state index contributed by atoms with van der Waals surface area (Å²) in [7, 11) is 5.70. The van der Waals surface area contributed by atoms with Crippen LogP contribution in [0.25, 0.3) is 0 Å². The molecular weight excluding hydrogens is 340 g/mol. The molecule has 1 fully saturated rings. The minimum atomic E-state index is -0.0375. The molecule has 0 radical (unpaired) electrons. The Balaban J connectivity index is 1.50. The van der Waals surface area contributed by atoms with E-state index in [-0.39, 0.29) is 6.03 Å². The van der Waals surface area contributed by atoms with E-state index in [0.717, 1.165) is 49.8 Å². The molecule has 6 nitrogen and oxygen atoms in total. The molecule has 2 aromatic rings. The van der Waals surface area contributed by atoms with E-state index in [1.807, 2.05) is 66.4 Å². The second-order valence-corrected chi connectivity index (χ2v) is 6.95. The van der Waals surface area contributed by atoms with Crippen molar-refractivity contribution in [2.24, 2.45) is 0 Å². The summed E-state index contributed by atoms with van der Waals surface area (Å²) in [5, 5.41) is 2.99. The lowest BCUT2D eigenvalue weighted by molar-refractivity contribution is 0.142. The van der Waals surface area contributed by atoms with E-state index in [1.165, 1.54) is 5.56 Å². The molecule has 1 saturated heterocycles. The van der Waals surface area contributed by atoms with Crippen LogP contribution in [0.4, 0.5) is 16.2 Å². The Morgan fingerprint density at radius 1 is 1.04 bits per heavy atom. The van der Waals surface area contributed by atoms with E-state index in [0.29, 0.717) is 0 Å². The van der Waals surface area contributed by atoms with E-state index in [9.17, 15) is 4.79 Å². The number of rotatable bonds is 5. The molecule has 0 unspecified atom stereocenters. The van der Waals surface area contributed by atoms with Gasteiger partial charge in [0.25, 0.3) is 0 Å². The van der Waals surface area contributed by atoms with Crippen LogP contribution >= 0.6 is 0 Å². The number of para-hydroxylation sites is 1. The number of benzene rings is 2. The van der Waals surface area contributed by atoms with E-state index in [2.05, 4.69) is 16.3 Å². The Bertz CT molecular complexity index is 753. The molecule has 1 aliphatic heterocycles. The molecule has 0 spiro atoms. The van der Waals surface area contributed by atoms with Crippen molar-refractivity contribution in [2.75, 3.05) is 57.6 Å². The maximum absolute atomic E-state index is 12.5. The van der Waals surface area contributed by atoms with Gasteiger partial charge in [0.2, 0.25) is 0 Å². The smallest absolute Gasteiger partial charge is 0.321 e. The Kier molecular flexibility index (Phi) is 6.19. The van der Waals surface area contributed by atoms with Gasteiger partial charge >= 0.3 is 6.03 Å². The van der Waals surface area contributed by atoms with Crippen molar-refractivity contribution < 1.29 is 9.53 Å². The van der Waals surface area contributed by atoms with Gasteiger partial charge in [0.15, 0.2) is 0 Å². The number of anilines is 2. The highest BCUT2D eigenvalue weighted by molar-refractivity contribution is 5.89. The van der Waals surface area contributed by atoms with E-state index in [1.54, 1.807) is 7.11 Å². The fourth-order valence-corrected chi connectivity index (χ4v) is 3.23. The summed E-state index contributed by atoms with van der Waals surface area (Å²) in [4.78, 5) is 18.8. The van der Waals surface area contributed by atoms with Crippen LogP contribution in [-0.2, 0) is 6.54 Å². The summed E-state index contributed by atoms with van der Waals surface area (Å²) in [5.41, 5.74) is 3.11. The molecule has 0 atom stereocenters. The lowest BCUT2D eigenvalue weighted by Crippen LogP contribution is -2.49. The van der Waals surface area contributed by atoms with Crippen LogP contribution in [-0.4, -0.2) is 63.2 Å². The van der Waals surface area contributed by atoms with Crippen molar-refractivity contribution in [3.63, 3.8) is 0 Å². The van der Waals surface area contributed by atoms with Gasteiger partial charge in [0.05, 0.1) is 7.11 Å². The van der Waals surface area contributed by atoms with E-state index in [4.69, 9.17) is 4.74 Å². The number of hydrogen-bond donors (Lipinski definition) is 1.